The zero-order valence-corrected chi connectivity index (χ0v) is 10.5. The van der Waals surface area contributed by atoms with Crippen LogP contribution in [-0.4, -0.2) is 23.2 Å². The molecular formula is C13H11NO3S. The van der Waals surface area contributed by atoms with Crippen LogP contribution >= 0.6 is 11.3 Å². The number of methoxy groups -OCH3 is 1. The SMILES string of the molecule is COc1ccc(-c2nc(C=CC(=O)O)cs2)cc1. The predicted molar refractivity (Wildman–Crippen MR) is 70.8 cm³/mol. The molecule has 2 rings (SSSR count). The van der Waals surface area contributed by atoms with Crippen LogP contribution in [0.3, 0.4) is 0 Å². The number of ether oxygens (including phenoxy) is 1. The quantitative estimate of drug-likeness (QED) is 0.860. The zero-order valence-electron chi connectivity index (χ0n) is 9.66. The van der Waals surface area contributed by atoms with Crippen molar-refractivity contribution in [3.63, 3.8) is 0 Å². The summed E-state index contributed by atoms with van der Waals surface area (Å²) in [5, 5.41) is 11.2. The van der Waals surface area contributed by atoms with Gasteiger partial charge >= 0.3 is 5.97 Å². The van der Waals surface area contributed by atoms with Crippen LogP contribution in [0, 0.1) is 0 Å². The topological polar surface area (TPSA) is 59.4 Å². The van der Waals surface area contributed by atoms with Crippen LogP contribution in [0.5, 0.6) is 5.75 Å². The minimum absolute atomic E-state index is 0.646. The van der Waals surface area contributed by atoms with E-state index in [1.807, 2.05) is 29.6 Å². The van der Waals surface area contributed by atoms with Crippen LogP contribution in [0.25, 0.3) is 16.6 Å². The molecule has 0 unspecified atom stereocenters. The van der Waals surface area contributed by atoms with E-state index in [9.17, 15) is 4.79 Å². The summed E-state index contributed by atoms with van der Waals surface area (Å²) in [5.74, 6) is -0.185. The van der Waals surface area contributed by atoms with Crippen molar-refractivity contribution in [2.24, 2.45) is 0 Å². The monoisotopic (exact) mass is 261 g/mol. The maximum atomic E-state index is 10.4. The fourth-order valence-electron chi connectivity index (χ4n) is 1.39. The molecule has 0 aliphatic rings. The van der Waals surface area contributed by atoms with Crippen molar-refractivity contribution in [3.8, 4) is 16.3 Å². The van der Waals surface area contributed by atoms with E-state index in [1.165, 1.54) is 17.4 Å². The molecule has 1 aromatic heterocycles. The summed E-state index contributed by atoms with van der Waals surface area (Å²) in [6.45, 7) is 0. The number of thiazole rings is 1. The minimum atomic E-state index is -0.978. The first-order valence-electron chi connectivity index (χ1n) is 5.20. The summed E-state index contributed by atoms with van der Waals surface area (Å²) in [6.07, 6.45) is 2.55. The molecule has 0 saturated heterocycles. The highest BCUT2D eigenvalue weighted by Gasteiger charge is 2.03. The average molecular weight is 261 g/mol. The Morgan fingerprint density at radius 2 is 2.11 bits per heavy atom. The Balaban J connectivity index is 2.20. The Labute approximate surface area is 108 Å². The van der Waals surface area contributed by atoms with Crippen molar-refractivity contribution >= 4 is 23.4 Å². The van der Waals surface area contributed by atoms with Gasteiger partial charge in [0.05, 0.1) is 12.8 Å². The van der Waals surface area contributed by atoms with Gasteiger partial charge in [-0.05, 0) is 30.3 Å². The second-order valence-electron chi connectivity index (χ2n) is 3.48. The Morgan fingerprint density at radius 3 is 2.72 bits per heavy atom. The molecule has 1 heterocycles. The van der Waals surface area contributed by atoms with Crippen LogP contribution in [0.1, 0.15) is 5.69 Å². The van der Waals surface area contributed by atoms with E-state index in [2.05, 4.69) is 4.98 Å². The van der Waals surface area contributed by atoms with Crippen LogP contribution in [0.15, 0.2) is 35.7 Å². The van der Waals surface area contributed by atoms with Gasteiger partial charge in [0.25, 0.3) is 0 Å². The standard InChI is InChI=1S/C13H11NO3S/c1-17-11-5-2-9(3-6-11)13-14-10(8-18-13)4-7-12(15)16/h2-8H,1H3,(H,15,16). The lowest BCUT2D eigenvalue weighted by Gasteiger charge is -1.99. The summed E-state index contributed by atoms with van der Waals surface area (Å²) in [4.78, 5) is 14.7. The van der Waals surface area contributed by atoms with Gasteiger partial charge in [-0.15, -0.1) is 11.3 Å². The largest absolute Gasteiger partial charge is 0.497 e. The smallest absolute Gasteiger partial charge is 0.328 e. The molecule has 0 amide bonds. The lowest BCUT2D eigenvalue weighted by Crippen LogP contribution is -1.85. The van der Waals surface area contributed by atoms with Gasteiger partial charge in [-0.1, -0.05) is 0 Å². The molecule has 0 saturated carbocycles. The van der Waals surface area contributed by atoms with E-state index in [4.69, 9.17) is 9.84 Å². The summed E-state index contributed by atoms with van der Waals surface area (Å²) in [7, 11) is 1.62. The third-order valence-corrected chi connectivity index (χ3v) is 3.17. The van der Waals surface area contributed by atoms with Crippen molar-refractivity contribution in [2.45, 2.75) is 0 Å². The van der Waals surface area contributed by atoms with E-state index in [0.717, 1.165) is 22.4 Å². The molecule has 2 aromatic rings. The van der Waals surface area contributed by atoms with Crippen molar-refractivity contribution < 1.29 is 14.6 Å². The molecule has 0 fully saturated rings. The van der Waals surface area contributed by atoms with Crippen LogP contribution in [-0.2, 0) is 4.79 Å². The number of aliphatic carboxylic acids is 1. The molecule has 0 radical (unpaired) electrons. The molecule has 1 N–H and O–H groups in total. The number of hydrogen-bond acceptors (Lipinski definition) is 4. The van der Waals surface area contributed by atoms with E-state index >= 15 is 0 Å². The molecule has 0 spiro atoms. The maximum Gasteiger partial charge on any atom is 0.328 e. The van der Waals surface area contributed by atoms with Gasteiger partial charge in [0.2, 0.25) is 0 Å². The summed E-state index contributed by atoms with van der Waals surface area (Å²) in [6, 6.07) is 7.57. The first-order chi connectivity index (χ1) is 8.69. The van der Waals surface area contributed by atoms with Crippen LogP contribution < -0.4 is 4.74 Å². The number of carbonyl (C=O) groups is 1. The summed E-state index contributed by atoms with van der Waals surface area (Å²) in [5.41, 5.74) is 1.63. The number of benzene rings is 1. The highest BCUT2D eigenvalue weighted by Crippen LogP contribution is 2.25. The Bertz CT molecular complexity index is 572. The fraction of sp³-hybridized carbons (Fsp3) is 0.0769. The van der Waals surface area contributed by atoms with Gasteiger partial charge in [0.15, 0.2) is 0 Å². The Morgan fingerprint density at radius 1 is 1.39 bits per heavy atom. The molecule has 92 valence electrons. The zero-order chi connectivity index (χ0) is 13.0. The van der Waals surface area contributed by atoms with E-state index in [-0.39, 0.29) is 0 Å². The third-order valence-electron chi connectivity index (χ3n) is 2.26. The number of carboxylic acids is 1. The molecule has 0 bridgehead atoms. The molecule has 4 nitrogen and oxygen atoms in total. The fourth-order valence-corrected chi connectivity index (χ4v) is 2.18. The Kier molecular flexibility index (Phi) is 3.74. The first-order valence-corrected chi connectivity index (χ1v) is 6.08. The van der Waals surface area contributed by atoms with Crippen molar-refractivity contribution in [1.82, 2.24) is 4.98 Å². The van der Waals surface area contributed by atoms with Crippen LogP contribution in [0.4, 0.5) is 0 Å². The number of aromatic nitrogens is 1. The first kappa shape index (κ1) is 12.3. The summed E-state index contributed by atoms with van der Waals surface area (Å²) >= 11 is 1.47. The lowest BCUT2D eigenvalue weighted by molar-refractivity contribution is -0.131. The van der Waals surface area contributed by atoms with Crippen molar-refractivity contribution in [3.05, 3.63) is 41.4 Å². The number of carboxylic acid groups (broad SMARTS) is 1. The van der Waals surface area contributed by atoms with Gasteiger partial charge in [0.1, 0.15) is 10.8 Å². The average Bonchev–Trinajstić information content (AvgIpc) is 2.85. The van der Waals surface area contributed by atoms with E-state index in [0.29, 0.717) is 5.69 Å². The normalized spacial score (nSPS) is 10.7. The molecule has 0 atom stereocenters. The number of nitrogens with zero attached hydrogens (tertiary/aromatic N) is 1. The summed E-state index contributed by atoms with van der Waals surface area (Å²) < 4.78 is 5.08. The molecule has 0 aliphatic carbocycles. The molecule has 18 heavy (non-hydrogen) atoms. The maximum absolute atomic E-state index is 10.4. The highest BCUT2D eigenvalue weighted by atomic mass is 32.1. The van der Waals surface area contributed by atoms with Crippen molar-refractivity contribution in [1.29, 1.82) is 0 Å². The molecule has 1 aromatic carbocycles. The molecular weight excluding hydrogens is 250 g/mol. The third kappa shape index (κ3) is 2.95. The second kappa shape index (κ2) is 5.46. The molecule has 5 heteroatoms. The van der Waals surface area contributed by atoms with Gasteiger partial charge in [-0.25, -0.2) is 9.78 Å². The van der Waals surface area contributed by atoms with Gasteiger partial charge in [-0.2, -0.15) is 0 Å². The number of rotatable bonds is 4. The van der Waals surface area contributed by atoms with Gasteiger partial charge < -0.3 is 9.84 Å². The van der Waals surface area contributed by atoms with Gasteiger partial charge in [0, 0.05) is 17.0 Å². The second-order valence-corrected chi connectivity index (χ2v) is 4.34. The van der Waals surface area contributed by atoms with Crippen LogP contribution in [0.2, 0.25) is 0 Å². The highest BCUT2D eigenvalue weighted by molar-refractivity contribution is 7.13. The van der Waals surface area contributed by atoms with Gasteiger partial charge in [-0.3, -0.25) is 0 Å². The van der Waals surface area contributed by atoms with E-state index in [1.54, 1.807) is 7.11 Å². The Hall–Kier alpha value is -2.14. The molecule has 0 aliphatic heterocycles. The van der Waals surface area contributed by atoms with E-state index < -0.39 is 5.97 Å². The van der Waals surface area contributed by atoms with Crippen molar-refractivity contribution in [2.75, 3.05) is 7.11 Å². The number of hydrogen-bond donors (Lipinski definition) is 1. The predicted octanol–water partition coefficient (Wildman–Crippen LogP) is 2.92. The minimum Gasteiger partial charge on any atom is -0.497 e. The lowest BCUT2D eigenvalue weighted by atomic mass is 10.2.